The van der Waals surface area contributed by atoms with Gasteiger partial charge in [-0.15, -0.1) is 11.3 Å². The lowest BCUT2D eigenvalue weighted by molar-refractivity contribution is 0.0951. The Morgan fingerprint density at radius 3 is 2.89 bits per heavy atom. The average molecular weight is 339 g/mol. The number of thiophene rings is 1. The van der Waals surface area contributed by atoms with Crippen molar-refractivity contribution in [1.82, 2.24) is 5.32 Å². The van der Waals surface area contributed by atoms with Crippen LogP contribution in [0.2, 0.25) is 0 Å². The second-order valence-electron chi connectivity index (χ2n) is 4.14. The predicted octanol–water partition coefficient (Wildman–Crippen LogP) is 3.59. The standard InChI is InChI=1S/C14H15BrN2OS/c1-2-9-5-6-19-13(9)8-17-14(18)10-3-4-12(16)11(15)7-10/h3-7H,2,8,16H2,1H3,(H,17,18). The molecule has 2 rings (SSSR count). The van der Waals surface area contributed by atoms with Gasteiger partial charge in [-0.2, -0.15) is 0 Å². The van der Waals surface area contributed by atoms with Crippen LogP contribution < -0.4 is 11.1 Å². The maximum Gasteiger partial charge on any atom is 0.251 e. The van der Waals surface area contributed by atoms with E-state index in [2.05, 4.69) is 39.6 Å². The fourth-order valence-corrected chi connectivity index (χ4v) is 3.06. The van der Waals surface area contributed by atoms with Crippen molar-refractivity contribution in [3.8, 4) is 0 Å². The Morgan fingerprint density at radius 2 is 2.21 bits per heavy atom. The van der Waals surface area contributed by atoms with Crippen LogP contribution in [0.25, 0.3) is 0 Å². The van der Waals surface area contributed by atoms with E-state index in [9.17, 15) is 4.79 Å². The van der Waals surface area contributed by atoms with E-state index in [1.54, 1.807) is 29.5 Å². The molecule has 0 aliphatic heterocycles. The predicted molar refractivity (Wildman–Crippen MR) is 83.4 cm³/mol. The first-order valence-corrected chi connectivity index (χ1v) is 7.67. The zero-order valence-electron chi connectivity index (χ0n) is 10.6. The number of amides is 1. The number of anilines is 1. The van der Waals surface area contributed by atoms with Gasteiger partial charge in [-0.25, -0.2) is 0 Å². The van der Waals surface area contributed by atoms with Crippen molar-refractivity contribution in [1.29, 1.82) is 0 Å². The van der Waals surface area contributed by atoms with Crippen molar-refractivity contribution in [2.75, 3.05) is 5.73 Å². The van der Waals surface area contributed by atoms with Gasteiger partial charge in [0, 0.05) is 20.6 Å². The van der Waals surface area contributed by atoms with Gasteiger partial charge < -0.3 is 11.1 Å². The minimum atomic E-state index is -0.0869. The van der Waals surface area contributed by atoms with E-state index >= 15 is 0 Å². The van der Waals surface area contributed by atoms with Crippen LogP contribution in [0.1, 0.15) is 27.7 Å². The molecule has 19 heavy (non-hydrogen) atoms. The van der Waals surface area contributed by atoms with Gasteiger partial charge in [0.2, 0.25) is 0 Å². The molecule has 1 amide bonds. The van der Waals surface area contributed by atoms with Gasteiger partial charge in [0.15, 0.2) is 0 Å². The van der Waals surface area contributed by atoms with Crippen LogP contribution in [-0.2, 0) is 13.0 Å². The van der Waals surface area contributed by atoms with Crippen LogP contribution in [-0.4, -0.2) is 5.91 Å². The molecule has 0 saturated heterocycles. The van der Waals surface area contributed by atoms with Crippen molar-refractivity contribution in [3.63, 3.8) is 0 Å². The average Bonchev–Trinajstić information content (AvgIpc) is 2.86. The summed E-state index contributed by atoms with van der Waals surface area (Å²) in [5, 5.41) is 4.99. The Balaban J connectivity index is 2.03. The zero-order valence-corrected chi connectivity index (χ0v) is 13.0. The summed E-state index contributed by atoms with van der Waals surface area (Å²) in [6.07, 6.45) is 0.988. The first-order chi connectivity index (χ1) is 9.11. The van der Waals surface area contributed by atoms with Gasteiger partial charge in [-0.3, -0.25) is 4.79 Å². The van der Waals surface area contributed by atoms with Crippen molar-refractivity contribution in [2.45, 2.75) is 19.9 Å². The Bertz CT molecular complexity index is 595. The summed E-state index contributed by atoms with van der Waals surface area (Å²) in [4.78, 5) is 13.2. The first kappa shape index (κ1) is 14.1. The molecule has 0 radical (unpaired) electrons. The number of aryl methyl sites for hydroxylation is 1. The summed E-state index contributed by atoms with van der Waals surface area (Å²) < 4.78 is 0.741. The molecule has 0 spiro atoms. The van der Waals surface area contributed by atoms with E-state index in [-0.39, 0.29) is 5.91 Å². The van der Waals surface area contributed by atoms with Crippen molar-refractivity contribution >= 4 is 38.9 Å². The van der Waals surface area contributed by atoms with Crippen LogP contribution in [0.5, 0.6) is 0 Å². The number of hydrogen-bond donors (Lipinski definition) is 2. The topological polar surface area (TPSA) is 55.1 Å². The van der Waals surface area contributed by atoms with Crippen molar-refractivity contribution in [3.05, 3.63) is 50.1 Å². The quantitative estimate of drug-likeness (QED) is 0.837. The molecule has 1 aromatic heterocycles. The fraction of sp³-hybridized carbons (Fsp3) is 0.214. The third-order valence-corrected chi connectivity index (χ3v) is 4.54. The fourth-order valence-electron chi connectivity index (χ4n) is 1.77. The van der Waals surface area contributed by atoms with Gasteiger partial charge in [-0.1, -0.05) is 6.92 Å². The summed E-state index contributed by atoms with van der Waals surface area (Å²) in [5.41, 5.74) is 8.23. The van der Waals surface area contributed by atoms with Gasteiger partial charge >= 0.3 is 0 Å². The van der Waals surface area contributed by atoms with Gasteiger partial charge in [0.05, 0.1) is 6.54 Å². The first-order valence-electron chi connectivity index (χ1n) is 6.00. The number of hydrogen-bond acceptors (Lipinski definition) is 3. The second-order valence-corrected chi connectivity index (χ2v) is 6.00. The molecule has 0 unspecified atom stereocenters. The molecule has 0 aliphatic carbocycles. The Morgan fingerprint density at radius 1 is 1.42 bits per heavy atom. The van der Waals surface area contributed by atoms with E-state index in [1.165, 1.54) is 10.4 Å². The summed E-state index contributed by atoms with van der Waals surface area (Å²) in [7, 11) is 0. The number of carbonyl (C=O) groups is 1. The lowest BCUT2D eigenvalue weighted by atomic mass is 10.2. The highest BCUT2D eigenvalue weighted by Crippen LogP contribution is 2.21. The third kappa shape index (κ3) is 3.36. The molecule has 5 heteroatoms. The Hall–Kier alpha value is -1.33. The highest BCUT2D eigenvalue weighted by molar-refractivity contribution is 9.10. The summed E-state index contributed by atoms with van der Waals surface area (Å²) >= 11 is 5.00. The smallest absolute Gasteiger partial charge is 0.251 e. The van der Waals surface area contributed by atoms with Crippen LogP contribution >= 0.6 is 27.3 Å². The molecule has 0 aliphatic rings. The van der Waals surface area contributed by atoms with Crippen molar-refractivity contribution < 1.29 is 4.79 Å². The summed E-state index contributed by atoms with van der Waals surface area (Å²) in [5.74, 6) is -0.0869. The number of nitrogens with one attached hydrogen (secondary N) is 1. The molecular formula is C14H15BrN2OS. The number of halogens is 1. The molecule has 3 N–H and O–H groups in total. The van der Waals surface area contributed by atoms with E-state index < -0.39 is 0 Å². The molecule has 1 heterocycles. The summed E-state index contributed by atoms with van der Waals surface area (Å²) in [6, 6.07) is 7.29. The summed E-state index contributed by atoms with van der Waals surface area (Å²) in [6.45, 7) is 2.69. The van der Waals surface area contributed by atoms with E-state index in [0.29, 0.717) is 17.8 Å². The SMILES string of the molecule is CCc1ccsc1CNC(=O)c1ccc(N)c(Br)c1. The number of rotatable bonds is 4. The van der Waals surface area contributed by atoms with Gasteiger partial charge in [-0.05, 0) is 57.6 Å². The molecule has 100 valence electrons. The zero-order chi connectivity index (χ0) is 13.8. The molecule has 3 nitrogen and oxygen atoms in total. The Labute approximate surface area is 125 Å². The maximum atomic E-state index is 12.0. The number of benzene rings is 1. The second kappa shape index (κ2) is 6.21. The third-order valence-electron chi connectivity index (χ3n) is 2.89. The number of nitrogens with two attached hydrogens (primary N) is 1. The monoisotopic (exact) mass is 338 g/mol. The molecule has 0 fully saturated rings. The lowest BCUT2D eigenvalue weighted by Crippen LogP contribution is -2.22. The van der Waals surface area contributed by atoms with Gasteiger partial charge in [0.1, 0.15) is 0 Å². The Kier molecular flexibility index (Phi) is 4.61. The number of nitrogen functional groups attached to an aromatic ring is 1. The lowest BCUT2D eigenvalue weighted by Gasteiger charge is -2.07. The number of carbonyl (C=O) groups excluding carboxylic acids is 1. The van der Waals surface area contributed by atoms with Crippen LogP contribution in [0, 0.1) is 0 Å². The molecule has 2 aromatic rings. The largest absolute Gasteiger partial charge is 0.398 e. The maximum absolute atomic E-state index is 12.0. The highest BCUT2D eigenvalue weighted by atomic mass is 79.9. The molecule has 0 bridgehead atoms. The minimum Gasteiger partial charge on any atom is -0.398 e. The van der Waals surface area contributed by atoms with E-state index in [1.807, 2.05) is 0 Å². The van der Waals surface area contributed by atoms with Gasteiger partial charge in [0.25, 0.3) is 5.91 Å². The van der Waals surface area contributed by atoms with Crippen LogP contribution in [0.4, 0.5) is 5.69 Å². The van der Waals surface area contributed by atoms with Crippen molar-refractivity contribution in [2.24, 2.45) is 0 Å². The van der Waals surface area contributed by atoms with Crippen LogP contribution in [0.15, 0.2) is 34.1 Å². The van der Waals surface area contributed by atoms with Crippen LogP contribution in [0.3, 0.4) is 0 Å². The molecule has 0 atom stereocenters. The normalized spacial score (nSPS) is 10.4. The molecular weight excluding hydrogens is 324 g/mol. The highest BCUT2D eigenvalue weighted by Gasteiger charge is 2.09. The minimum absolute atomic E-state index is 0.0869. The van der Waals surface area contributed by atoms with E-state index in [0.717, 1.165) is 10.9 Å². The van der Waals surface area contributed by atoms with E-state index in [4.69, 9.17) is 5.73 Å². The molecule has 1 aromatic carbocycles. The molecule has 0 saturated carbocycles.